The molecule has 0 radical (unpaired) electrons. The number of fused-ring (bicyclic) bond motifs is 1. The maximum absolute atomic E-state index is 10.5. The second-order valence-corrected chi connectivity index (χ2v) is 4.42. The molecule has 0 bridgehead atoms. The highest BCUT2D eigenvalue weighted by Gasteiger charge is 2.10. The second kappa shape index (κ2) is 5.28. The van der Waals surface area contributed by atoms with Crippen LogP contribution in [0, 0.1) is 6.92 Å². The summed E-state index contributed by atoms with van der Waals surface area (Å²) >= 11 is 6.16. The fourth-order valence-corrected chi connectivity index (χ4v) is 2.20. The van der Waals surface area contributed by atoms with Crippen LogP contribution in [0.4, 0.5) is 0 Å². The number of halogens is 1. The van der Waals surface area contributed by atoms with Crippen molar-refractivity contribution < 1.29 is 14.6 Å². The molecule has 1 aromatic heterocycles. The Labute approximate surface area is 115 Å². The van der Waals surface area contributed by atoms with E-state index in [0.717, 1.165) is 17.0 Å². The first kappa shape index (κ1) is 13.4. The van der Waals surface area contributed by atoms with Gasteiger partial charge in [-0.1, -0.05) is 11.6 Å². The van der Waals surface area contributed by atoms with Crippen LogP contribution in [0.3, 0.4) is 0 Å². The molecule has 5 heteroatoms. The number of carboxylic acids is 1. The lowest BCUT2D eigenvalue weighted by atomic mass is 10.1. The number of carbonyl (C=O) groups is 1. The Morgan fingerprint density at radius 3 is 2.84 bits per heavy atom. The minimum Gasteiger partial charge on any atom is -0.494 e. The number of rotatable bonds is 3. The lowest BCUT2D eigenvalue weighted by Gasteiger charge is -2.09. The van der Waals surface area contributed by atoms with Gasteiger partial charge in [0.1, 0.15) is 11.3 Å². The lowest BCUT2D eigenvalue weighted by molar-refractivity contribution is -0.131. The maximum Gasteiger partial charge on any atom is 0.328 e. The zero-order valence-corrected chi connectivity index (χ0v) is 11.2. The van der Waals surface area contributed by atoms with Gasteiger partial charge in [0, 0.05) is 11.5 Å². The van der Waals surface area contributed by atoms with E-state index in [-0.39, 0.29) is 0 Å². The molecule has 0 aliphatic rings. The minimum absolute atomic E-state index is 0.549. The zero-order valence-electron chi connectivity index (χ0n) is 10.5. The van der Waals surface area contributed by atoms with Crippen LogP contribution in [-0.4, -0.2) is 23.2 Å². The fraction of sp³-hybridized carbons (Fsp3) is 0.143. The number of ether oxygens (including phenoxy) is 1. The number of pyridine rings is 1. The van der Waals surface area contributed by atoms with Crippen molar-refractivity contribution in [3.63, 3.8) is 0 Å². The van der Waals surface area contributed by atoms with E-state index in [2.05, 4.69) is 4.98 Å². The van der Waals surface area contributed by atoms with Crippen molar-refractivity contribution in [3.8, 4) is 5.75 Å². The number of nitrogens with zero attached hydrogens (tertiary/aromatic N) is 1. The number of aromatic nitrogens is 1. The maximum atomic E-state index is 10.5. The third kappa shape index (κ3) is 2.69. The molecule has 1 aromatic carbocycles. The van der Waals surface area contributed by atoms with Crippen LogP contribution in [0.25, 0.3) is 17.0 Å². The first-order chi connectivity index (χ1) is 9.02. The predicted molar refractivity (Wildman–Crippen MR) is 74.7 cm³/mol. The van der Waals surface area contributed by atoms with Crippen molar-refractivity contribution in [2.24, 2.45) is 0 Å². The average Bonchev–Trinajstić information content (AvgIpc) is 2.36. The van der Waals surface area contributed by atoms with Crippen molar-refractivity contribution >= 4 is 34.5 Å². The van der Waals surface area contributed by atoms with E-state index in [9.17, 15) is 4.79 Å². The Morgan fingerprint density at radius 1 is 1.47 bits per heavy atom. The minimum atomic E-state index is -1.02. The SMILES string of the molecule is COc1ccc(Cl)c2c(C)cc(/C=C/C(=O)O)nc12. The van der Waals surface area contributed by atoms with Gasteiger partial charge in [0.25, 0.3) is 0 Å². The number of hydrogen-bond donors (Lipinski definition) is 1. The standard InChI is InChI=1S/C14H12ClNO3/c1-8-7-9(3-6-12(17)18)16-14-11(19-2)5-4-10(15)13(8)14/h3-7H,1-2H3,(H,17,18)/b6-3+. The summed E-state index contributed by atoms with van der Waals surface area (Å²) in [5.41, 5.74) is 2.09. The zero-order chi connectivity index (χ0) is 14.0. The predicted octanol–water partition coefficient (Wildman–Crippen LogP) is 3.30. The highest BCUT2D eigenvalue weighted by molar-refractivity contribution is 6.35. The van der Waals surface area contributed by atoms with Gasteiger partial charge in [-0.25, -0.2) is 9.78 Å². The molecule has 2 rings (SSSR count). The number of aryl methyl sites for hydroxylation is 1. The Kier molecular flexibility index (Phi) is 3.71. The Balaban J connectivity index is 2.70. The molecule has 4 nitrogen and oxygen atoms in total. The van der Waals surface area contributed by atoms with Crippen molar-refractivity contribution in [1.82, 2.24) is 4.98 Å². The van der Waals surface area contributed by atoms with Gasteiger partial charge < -0.3 is 9.84 Å². The van der Waals surface area contributed by atoms with Crippen LogP contribution < -0.4 is 4.74 Å². The summed E-state index contributed by atoms with van der Waals surface area (Å²) in [6, 6.07) is 5.28. The molecule has 0 fully saturated rings. The molecule has 0 saturated carbocycles. The molecule has 19 heavy (non-hydrogen) atoms. The van der Waals surface area contributed by atoms with Crippen LogP contribution in [0.2, 0.25) is 5.02 Å². The molecule has 0 unspecified atom stereocenters. The Hall–Kier alpha value is -2.07. The normalized spacial score (nSPS) is 11.1. The molecule has 0 atom stereocenters. The number of carboxylic acid groups (broad SMARTS) is 1. The molecule has 2 aromatic rings. The van der Waals surface area contributed by atoms with Gasteiger partial charge in [0.15, 0.2) is 0 Å². The molecule has 98 valence electrons. The number of benzene rings is 1. The van der Waals surface area contributed by atoms with E-state index in [0.29, 0.717) is 22.0 Å². The van der Waals surface area contributed by atoms with Crippen molar-refractivity contribution in [2.75, 3.05) is 7.11 Å². The summed E-state index contributed by atoms with van der Waals surface area (Å²) in [6.07, 6.45) is 2.49. The molecule has 0 spiro atoms. The molecule has 0 saturated heterocycles. The molecule has 1 N–H and O–H groups in total. The molecular formula is C14H12ClNO3. The smallest absolute Gasteiger partial charge is 0.328 e. The van der Waals surface area contributed by atoms with Gasteiger partial charge in [-0.05, 0) is 36.8 Å². The monoisotopic (exact) mass is 277 g/mol. The average molecular weight is 278 g/mol. The van der Waals surface area contributed by atoms with Crippen LogP contribution in [0.15, 0.2) is 24.3 Å². The number of hydrogen-bond acceptors (Lipinski definition) is 3. The van der Waals surface area contributed by atoms with Crippen LogP contribution in [0.5, 0.6) is 5.75 Å². The van der Waals surface area contributed by atoms with Crippen molar-refractivity contribution in [1.29, 1.82) is 0 Å². The summed E-state index contributed by atoms with van der Waals surface area (Å²) in [5, 5.41) is 10.0. The quantitative estimate of drug-likeness (QED) is 0.875. The van der Waals surface area contributed by atoms with Gasteiger partial charge in [-0.3, -0.25) is 0 Å². The van der Waals surface area contributed by atoms with Gasteiger partial charge in [-0.15, -0.1) is 0 Å². The van der Waals surface area contributed by atoms with E-state index in [1.54, 1.807) is 25.3 Å². The van der Waals surface area contributed by atoms with Crippen molar-refractivity contribution in [3.05, 3.63) is 40.6 Å². The third-order valence-corrected chi connectivity index (χ3v) is 3.02. The van der Waals surface area contributed by atoms with Crippen molar-refractivity contribution in [2.45, 2.75) is 6.92 Å². The highest BCUT2D eigenvalue weighted by atomic mass is 35.5. The van der Waals surface area contributed by atoms with Crippen LogP contribution in [0.1, 0.15) is 11.3 Å². The van der Waals surface area contributed by atoms with E-state index >= 15 is 0 Å². The van der Waals surface area contributed by atoms with Gasteiger partial charge in [0.2, 0.25) is 0 Å². The molecular weight excluding hydrogens is 266 g/mol. The Bertz CT molecular complexity index is 680. The van der Waals surface area contributed by atoms with Gasteiger partial charge >= 0.3 is 5.97 Å². The van der Waals surface area contributed by atoms with Gasteiger partial charge in [-0.2, -0.15) is 0 Å². The first-order valence-electron chi connectivity index (χ1n) is 5.58. The summed E-state index contributed by atoms with van der Waals surface area (Å²) in [7, 11) is 1.56. The van der Waals surface area contributed by atoms with Crippen LogP contribution >= 0.6 is 11.6 Å². The van der Waals surface area contributed by atoms with E-state index in [1.165, 1.54) is 6.08 Å². The summed E-state index contributed by atoms with van der Waals surface area (Å²) in [4.78, 5) is 14.9. The molecule has 0 amide bonds. The lowest BCUT2D eigenvalue weighted by Crippen LogP contribution is -1.94. The number of aliphatic carboxylic acids is 1. The first-order valence-corrected chi connectivity index (χ1v) is 5.95. The summed E-state index contributed by atoms with van der Waals surface area (Å²) in [5.74, 6) is -0.411. The largest absolute Gasteiger partial charge is 0.494 e. The fourth-order valence-electron chi connectivity index (χ4n) is 1.90. The van der Waals surface area contributed by atoms with E-state index < -0.39 is 5.97 Å². The molecule has 0 aliphatic heterocycles. The van der Waals surface area contributed by atoms with E-state index in [4.69, 9.17) is 21.4 Å². The molecule has 0 aliphatic carbocycles. The summed E-state index contributed by atoms with van der Waals surface area (Å²) in [6.45, 7) is 1.90. The molecule has 1 heterocycles. The van der Waals surface area contributed by atoms with E-state index in [1.807, 2.05) is 6.92 Å². The topological polar surface area (TPSA) is 59.4 Å². The summed E-state index contributed by atoms with van der Waals surface area (Å²) < 4.78 is 5.26. The second-order valence-electron chi connectivity index (χ2n) is 4.01. The Morgan fingerprint density at radius 2 is 2.21 bits per heavy atom. The number of methoxy groups -OCH3 is 1. The highest BCUT2D eigenvalue weighted by Crippen LogP contribution is 2.32. The van der Waals surface area contributed by atoms with Crippen LogP contribution in [-0.2, 0) is 4.79 Å². The van der Waals surface area contributed by atoms with Gasteiger partial charge in [0.05, 0.1) is 17.8 Å². The third-order valence-electron chi connectivity index (χ3n) is 2.71.